The molecule has 1 saturated heterocycles. The predicted molar refractivity (Wildman–Crippen MR) is 123 cm³/mol. The Labute approximate surface area is 184 Å². The molecule has 0 aliphatic carbocycles. The van der Waals surface area contributed by atoms with Crippen LogP contribution in [0.15, 0.2) is 52.1 Å². The van der Waals surface area contributed by atoms with Crippen molar-refractivity contribution >= 4 is 29.9 Å². The van der Waals surface area contributed by atoms with Crippen LogP contribution in [0.1, 0.15) is 29.7 Å². The van der Waals surface area contributed by atoms with Gasteiger partial charge >= 0.3 is 0 Å². The Hall–Kier alpha value is -1.58. The molecule has 2 aromatic rings. The van der Waals surface area contributed by atoms with Gasteiger partial charge in [-0.1, -0.05) is 24.3 Å². The van der Waals surface area contributed by atoms with E-state index < -0.39 is 0 Å². The van der Waals surface area contributed by atoms with Crippen molar-refractivity contribution in [2.45, 2.75) is 38.6 Å². The van der Waals surface area contributed by atoms with Gasteiger partial charge in [-0.05, 0) is 43.1 Å². The molecule has 7 heteroatoms. The minimum atomic E-state index is 0. The van der Waals surface area contributed by atoms with Crippen LogP contribution in [-0.2, 0) is 24.4 Å². The minimum absolute atomic E-state index is 0. The molecule has 1 unspecified atom stereocenters. The quantitative estimate of drug-likeness (QED) is 0.332. The maximum atomic E-state index is 5.66. The third-order valence-electron chi connectivity index (χ3n) is 4.76. The van der Waals surface area contributed by atoms with Crippen molar-refractivity contribution in [3.63, 3.8) is 0 Å². The molecule has 28 heavy (non-hydrogen) atoms. The second-order valence-electron chi connectivity index (χ2n) is 6.96. The van der Waals surface area contributed by atoms with Crippen molar-refractivity contribution < 1.29 is 9.15 Å². The smallest absolute Gasteiger partial charge is 0.191 e. The van der Waals surface area contributed by atoms with Crippen LogP contribution in [0, 0.1) is 0 Å². The van der Waals surface area contributed by atoms with E-state index in [4.69, 9.17) is 9.15 Å². The standard InChI is InChI=1S/C21H30N4O2.HI/c1-22-21(24-14-19-9-5-11-26-19)23-13-17-7-3-4-8-18(17)15-25(2)16-20-10-6-12-27-20;/h3-4,6-8,10,12,19H,5,9,11,13-16H2,1-2H3,(H2,22,23,24);1H. The molecule has 2 N–H and O–H groups in total. The average Bonchev–Trinajstić information content (AvgIpc) is 3.37. The molecular weight excluding hydrogens is 467 g/mol. The summed E-state index contributed by atoms with van der Waals surface area (Å²) in [7, 11) is 3.91. The fraction of sp³-hybridized carbons (Fsp3) is 0.476. The lowest BCUT2D eigenvalue weighted by Gasteiger charge is -2.19. The van der Waals surface area contributed by atoms with Crippen LogP contribution in [0.4, 0.5) is 0 Å². The maximum absolute atomic E-state index is 5.66. The van der Waals surface area contributed by atoms with E-state index in [1.165, 1.54) is 11.1 Å². The van der Waals surface area contributed by atoms with Gasteiger partial charge in [0.2, 0.25) is 0 Å². The van der Waals surface area contributed by atoms with Gasteiger partial charge in [-0.2, -0.15) is 0 Å². The van der Waals surface area contributed by atoms with Crippen LogP contribution in [0.25, 0.3) is 0 Å². The van der Waals surface area contributed by atoms with Crippen LogP contribution in [0.3, 0.4) is 0 Å². The molecule has 1 aromatic heterocycles. The van der Waals surface area contributed by atoms with Gasteiger partial charge in [0.05, 0.1) is 18.9 Å². The highest BCUT2D eigenvalue weighted by Gasteiger charge is 2.15. The van der Waals surface area contributed by atoms with Crippen molar-refractivity contribution in [2.24, 2.45) is 4.99 Å². The second kappa shape index (κ2) is 12.1. The summed E-state index contributed by atoms with van der Waals surface area (Å²) in [5.74, 6) is 1.79. The van der Waals surface area contributed by atoms with Gasteiger partial charge in [-0.25, -0.2) is 0 Å². The van der Waals surface area contributed by atoms with Crippen molar-refractivity contribution in [3.05, 3.63) is 59.5 Å². The van der Waals surface area contributed by atoms with E-state index in [0.29, 0.717) is 6.10 Å². The summed E-state index contributed by atoms with van der Waals surface area (Å²) in [5.41, 5.74) is 2.57. The summed E-state index contributed by atoms with van der Waals surface area (Å²) in [6, 6.07) is 12.4. The number of furan rings is 1. The summed E-state index contributed by atoms with van der Waals surface area (Å²) in [5, 5.41) is 6.78. The first-order valence-electron chi connectivity index (χ1n) is 9.58. The van der Waals surface area contributed by atoms with Crippen LogP contribution < -0.4 is 10.6 Å². The van der Waals surface area contributed by atoms with Gasteiger partial charge in [0.15, 0.2) is 5.96 Å². The third kappa shape index (κ3) is 7.10. The fourth-order valence-electron chi connectivity index (χ4n) is 3.31. The molecule has 0 bridgehead atoms. The summed E-state index contributed by atoms with van der Waals surface area (Å²) in [4.78, 5) is 6.57. The van der Waals surface area contributed by atoms with E-state index in [1.807, 2.05) is 12.1 Å². The Morgan fingerprint density at radius 3 is 2.64 bits per heavy atom. The molecule has 0 saturated carbocycles. The van der Waals surface area contributed by atoms with Crippen LogP contribution in [-0.4, -0.2) is 44.2 Å². The molecule has 0 spiro atoms. The first kappa shape index (κ1) is 22.7. The topological polar surface area (TPSA) is 62.0 Å². The zero-order valence-electron chi connectivity index (χ0n) is 16.7. The van der Waals surface area contributed by atoms with Crippen LogP contribution >= 0.6 is 24.0 Å². The van der Waals surface area contributed by atoms with E-state index >= 15 is 0 Å². The zero-order valence-corrected chi connectivity index (χ0v) is 19.0. The summed E-state index contributed by atoms with van der Waals surface area (Å²) < 4.78 is 11.1. The summed E-state index contributed by atoms with van der Waals surface area (Å²) >= 11 is 0. The van der Waals surface area contributed by atoms with E-state index in [9.17, 15) is 0 Å². The van der Waals surface area contributed by atoms with Gasteiger partial charge in [0.1, 0.15) is 5.76 Å². The van der Waals surface area contributed by atoms with Crippen molar-refractivity contribution in [1.82, 2.24) is 15.5 Å². The number of nitrogens with zero attached hydrogens (tertiary/aromatic N) is 2. The molecule has 0 amide bonds. The van der Waals surface area contributed by atoms with Crippen LogP contribution in [0.2, 0.25) is 0 Å². The van der Waals surface area contributed by atoms with E-state index in [2.05, 4.69) is 51.8 Å². The number of halogens is 1. The van der Waals surface area contributed by atoms with Gasteiger partial charge in [-0.3, -0.25) is 9.89 Å². The van der Waals surface area contributed by atoms with Gasteiger partial charge in [-0.15, -0.1) is 24.0 Å². The van der Waals surface area contributed by atoms with Crippen molar-refractivity contribution in [3.8, 4) is 0 Å². The molecule has 1 atom stereocenters. The van der Waals surface area contributed by atoms with Crippen molar-refractivity contribution in [2.75, 3.05) is 27.2 Å². The number of hydrogen-bond donors (Lipinski definition) is 2. The molecule has 154 valence electrons. The number of ether oxygens (including phenoxy) is 1. The Bertz CT molecular complexity index is 715. The van der Waals surface area contributed by atoms with Gasteiger partial charge in [0, 0.05) is 33.3 Å². The van der Waals surface area contributed by atoms with Gasteiger partial charge < -0.3 is 19.8 Å². The van der Waals surface area contributed by atoms with Crippen LogP contribution in [0.5, 0.6) is 0 Å². The molecule has 0 radical (unpaired) electrons. The van der Waals surface area contributed by atoms with Gasteiger partial charge in [0.25, 0.3) is 0 Å². The number of benzene rings is 1. The highest BCUT2D eigenvalue weighted by Crippen LogP contribution is 2.14. The monoisotopic (exact) mass is 498 g/mol. The second-order valence-corrected chi connectivity index (χ2v) is 6.96. The number of rotatable bonds is 8. The fourth-order valence-corrected chi connectivity index (χ4v) is 3.31. The maximum Gasteiger partial charge on any atom is 0.191 e. The molecular formula is C21H31IN4O2. The molecule has 3 rings (SSSR count). The highest BCUT2D eigenvalue weighted by molar-refractivity contribution is 14.0. The molecule has 2 heterocycles. The van der Waals surface area contributed by atoms with E-state index in [-0.39, 0.29) is 24.0 Å². The Balaban J connectivity index is 0.00000280. The minimum Gasteiger partial charge on any atom is -0.468 e. The lowest BCUT2D eigenvalue weighted by atomic mass is 10.1. The average molecular weight is 498 g/mol. The first-order chi connectivity index (χ1) is 13.2. The largest absolute Gasteiger partial charge is 0.468 e. The SMILES string of the molecule is CN=C(NCc1ccccc1CN(C)Cc1ccco1)NCC1CCCO1.I. The lowest BCUT2D eigenvalue weighted by Crippen LogP contribution is -2.40. The van der Waals surface area contributed by atoms with Crippen molar-refractivity contribution in [1.29, 1.82) is 0 Å². The molecule has 1 fully saturated rings. The molecule has 1 aromatic carbocycles. The first-order valence-corrected chi connectivity index (χ1v) is 9.58. The summed E-state index contributed by atoms with van der Waals surface area (Å²) in [6.45, 7) is 4.06. The lowest BCUT2D eigenvalue weighted by molar-refractivity contribution is 0.114. The van der Waals surface area contributed by atoms with E-state index in [1.54, 1.807) is 13.3 Å². The zero-order chi connectivity index (χ0) is 18.9. The number of nitrogens with one attached hydrogen (secondary N) is 2. The normalized spacial score (nSPS) is 16.8. The Morgan fingerprint density at radius 1 is 1.14 bits per heavy atom. The Kier molecular flexibility index (Phi) is 9.80. The number of hydrogen-bond acceptors (Lipinski definition) is 4. The number of aliphatic imine (C=N–C) groups is 1. The molecule has 6 nitrogen and oxygen atoms in total. The summed E-state index contributed by atoms with van der Waals surface area (Å²) in [6.07, 6.45) is 4.29. The predicted octanol–water partition coefficient (Wildman–Crippen LogP) is 3.37. The molecule has 1 aliphatic heterocycles. The Morgan fingerprint density at radius 2 is 1.96 bits per heavy atom. The third-order valence-corrected chi connectivity index (χ3v) is 4.76. The highest BCUT2D eigenvalue weighted by atomic mass is 127. The molecule has 1 aliphatic rings. The van der Waals surface area contributed by atoms with E-state index in [0.717, 1.165) is 57.3 Å². The number of guanidine groups is 1.